The molecule has 2 rings (SSSR count). The summed E-state index contributed by atoms with van der Waals surface area (Å²) in [5.41, 5.74) is 3.44. The van der Waals surface area contributed by atoms with Gasteiger partial charge in [-0.1, -0.05) is 18.5 Å². The Morgan fingerprint density at radius 1 is 1.37 bits per heavy atom. The molecule has 0 radical (unpaired) electrons. The van der Waals surface area contributed by atoms with Gasteiger partial charge in [0, 0.05) is 18.9 Å². The SMILES string of the molecule is CCc1cnccc1C(NC)c1c(Cl)cnn1CC. The lowest BCUT2D eigenvalue weighted by Crippen LogP contribution is -2.23. The van der Waals surface area contributed by atoms with E-state index in [-0.39, 0.29) is 6.04 Å². The van der Waals surface area contributed by atoms with Gasteiger partial charge in [-0.25, -0.2) is 0 Å². The summed E-state index contributed by atoms with van der Waals surface area (Å²) in [4.78, 5) is 4.20. The second kappa shape index (κ2) is 6.17. The number of aryl methyl sites for hydroxylation is 2. The molecule has 2 heterocycles. The van der Waals surface area contributed by atoms with Crippen LogP contribution in [0.15, 0.2) is 24.7 Å². The zero-order chi connectivity index (χ0) is 13.8. The number of aromatic nitrogens is 3. The molecule has 0 bridgehead atoms. The van der Waals surface area contributed by atoms with Crippen LogP contribution in [0.25, 0.3) is 0 Å². The minimum Gasteiger partial charge on any atom is -0.308 e. The second-order valence-corrected chi connectivity index (χ2v) is 4.75. The lowest BCUT2D eigenvalue weighted by molar-refractivity contribution is 0.561. The van der Waals surface area contributed by atoms with Gasteiger partial charge in [0.25, 0.3) is 0 Å². The van der Waals surface area contributed by atoms with Crippen LogP contribution in [0.5, 0.6) is 0 Å². The van der Waals surface area contributed by atoms with E-state index in [9.17, 15) is 0 Å². The smallest absolute Gasteiger partial charge is 0.0837 e. The van der Waals surface area contributed by atoms with Gasteiger partial charge in [0.1, 0.15) is 0 Å². The van der Waals surface area contributed by atoms with Crippen LogP contribution in [0.4, 0.5) is 0 Å². The van der Waals surface area contributed by atoms with E-state index < -0.39 is 0 Å². The highest BCUT2D eigenvalue weighted by molar-refractivity contribution is 6.31. The standard InChI is InChI=1S/C14H19ClN4/c1-4-10-8-17-7-6-11(10)13(16-3)14-12(15)9-18-19(14)5-2/h6-9,13,16H,4-5H2,1-3H3. The Hall–Kier alpha value is -1.39. The molecule has 2 aromatic heterocycles. The maximum absolute atomic E-state index is 6.30. The van der Waals surface area contributed by atoms with Crippen molar-refractivity contribution >= 4 is 11.6 Å². The Morgan fingerprint density at radius 2 is 2.16 bits per heavy atom. The van der Waals surface area contributed by atoms with E-state index in [1.54, 1.807) is 6.20 Å². The molecule has 2 aromatic rings. The summed E-state index contributed by atoms with van der Waals surface area (Å²) in [5.74, 6) is 0. The van der Waals surface area contributed by atoms with Gasteiger partial charge in [0.15, 0.2) is 0 Å². The van der Waals surface area contributed by atoms with Gasteiger partial charge >= 0.3 is 0 Å². The van der Waals surface area contributed by atoms with Crippen molar-refractivity contribution in [3.63, 3.8) is 0 Å². The average Bonchev–Trinajstić information content (AvgIpc) is 2.82. The van der Waals surface area contributed by atoms with Crippen molar-refractivity contribution in [3.8, 4) is 0 Å². The Morgan fingerprint density at radius 3 is 2.79 bits per heavy atom. The summed E-state index contributed by atoms with van der Waals surface area (Å²) >= 11 is 6.30. The fraction of sp³-hybridized carbons (Fsp3) is 0.429. The number of nitrogens with one attached hydrogen (secondary N) is 1. The van der Waals surface area contributed by atoms with E-state index >= 15 is 0 Å². The number of rotatable bonds is 5. The molecule has 0 aliphatic carbocycles. The molecule has 102 valence electrons. The van der Waals surface area contributed by atoms with Gasteiger partial charge in [-0.15, -0.1) is 0 Å². The van der Waals surface area contributed by atoms with Crippen LogP contribution in [-0.4, -0.2) is 21.8 Å². The van der Waals surface area contributed by atoms with Crippen molar-refractivity contribution in [2.75, 3.05) is 7.05 Å². The minimum absolute atomic E-state index is 0.0351. The molecule has 19 heavy (non-hydrogen) atoms. The van der Waals surface area contributed by atoms with Crippen molar-refractivity contribution in [2.24, 2.45) is 0 Å². The molecule has 4 nitrogen and oxygen atoms in total. The first-order valence-corrected chi connectivity index (χ1v) is 6.91. The first-order chi connectivity index (χ1) is 9.22. The van der Waals surface area contributed by atoms with E-state index in [4.69, 9.17) is 11.6 Å². The van der Waals surface area contributed by atoms with E-state index in [0.29, 0.717) is 5.02 Å². The fourth-order valence-corrected chi connectivity index (χ4v) is 2.62. The van der Waals surface area contributed by atoms with Crippen LogP contribution in [0.2, 0.25) is 5.02 Å². The van der Waals surface area contributed by atoms with E-state index in [1.165, 1.54) is 11.1 Å². The molecular weight excluding hydrogens is 260 g/mol. The quantitative estimate of drug-likeness (QED) is 0.915. The third kappa shape index (κ3) is 2.65. The number of pyridine rings is 1. The van der Waals surface area contributed by atoms with Gasteiger partial charge in [-0.3, -0.25) is 9.67 Å². The molecule has 1 atom stereocenters. The molecule has 0 aliphatic heterocycles. The van der Waals surface area contributed by atoms with Gasteiger partial charge in [0.05, 0.1) is 23.0 Å². The minimum atomic E-state index is 0.0351. The largest absolute Gasteiger partial charge is 0.308 e. The summed E-state index contributed by atoms with van der Waals surface area (Å²) in [6, 6.07) is 2.08. The Balaban J connectivity index is 2.53. The summed E-state index contributed by atoms with van der Waals surface area (Å²) in [5, 5.41) is 8.35. The molecule has 0 saturated heterocycles. The monoisotopic (exact) mass is 278 g/mol. The molecule has 0 spiro atoms. The molecule has 0 aliphatic rings. The van der Waals surface area contributed by atoms with Crippen molar-refractivity contribution in [3.05, 3.63) is 46.5 Å². The second-order valence-electron chi connectivity index (χ2n) is 4.34. The number of nitrogens with zero attached hydrogens (tertiary/aromatic N) is 3. The lowest BCUT2D eigenvalue weighted by Gasteiger charge is -2.21. The van der Waals surface area contributed by atoms with Crippen molar-refractivity contribution < 1.29 is 0 Å². The lowest BCUT2D eigenvalue weighted by atomic mass is 9.98. The Bertz CT molecular complexity index is 550. The zero-order valence-corrected chi connectivity index (χ0v) is 12.3. The molecule has 1 N–H and O–H groups in total. The highest BCUT2D eigenvalue weighted by atomic mass is 35.5. The summed E-state index contributed by atoms with van der Waals surface area (Å²) in [6.07, 6.45) is 6.39. The van der Waals surface area contributed by atoms with Crippen LogP contribution in [0.1, 0.15) is 36.7 Å². The molecule has 5 heteroatoms. The van der Waals surface area contributed by atoms with Gasteiger partial charge in [-0.2, -0.15) is 5.10 Å². The normalized spacial score (nSPS) is 12.6. The predicted octanol–water partition coefficient (Wildman–Crippen LogP) is 2.82. The van der Waals surface area contributed by atoms with Gasteiger partial charge in [-0.05, 0) is 37.6 Å². The van der Waals surface area contributed by atoms with Gasteiger partial charge in [0.2, 0.25) is 0 Å². The van der Waals surface area contributed by atoms with Crippen LogP contribution < -0.4 is 5.32 Å². The Labute approximate surface area is 118 Å². The van der Waals surface area contributed by atoms with Crippen molar-refractivity contribution in [2.45, 2.75) is 32.9 Å². The highest BCUT2D eigenvalue weighted by Gasteiger charge is 2.22. The van der Waals surface area contributed by atoms with Crippen LogP contribution in [0.3, 0.4) is 0 Å². The molecular formula is C14H19ClN4. The fourth-order valence-electron chi connectivity index (χ4n) is 2.37. The maximum atomic E-state index is 6.30. The summed E-state index contributed by atoms with van der Waals surface area (Å²) in [7, 11) is 1.94. The Kier molecular flexibility index (Phi) is 4.56. The van der Waals surface area contributed by atoms with Gasteiger partial charge < -0.3 is 5.32 Å². The van der Waals surface area contributed by atoms with E-state index in [1.807, 2.05) is 30.2 Å². The van der Waals surface area contributed by atoms with E-state index in [2.05, 4.69) is 29.2 Å². The summed E-state index contributed by atoms with van der Waals surface area (Å²) < 4.78 is 1.93. The molecule has 0 amide bonds. The number of hydrogen-bond donors (Lipinski definition) is 1. The molecule has 0 saturated carbocycles. The third-order valence-electron chi connectivity index (χ3n) is 3.33. The van der Waals surface area contributed by atoms with Crippen LogP contribution in [-0.2, 0) is 13.0 Å². The topological polar surface area (TPSA) is 42.7 Å². The van der Waals surface area contributed by atoms with Crippen LogP contribution >= 0.6 is 11.6 Å². The third-order valence-corrected chi connectivity index (χ3v) is 3.62. The van der Waals surface area contributed by atoms with Crippen molar-refractivity contribution in [1.29, 1.82) is 0 Å². The molecule has 0 fully saturated rings. The first-order valence-electron chi connectivity index (χ1n) is 6.54. The number of hydrogen-bond acceptors (Lipinski definition) is 3. The number of halogens is 1. The molecule has 1 unspecified atom stereocenters. The van der Waals surface area contributed by atoms with Crippen molar-refractivity contribution in [1.82, 2.24) is 20.1 Å². The maximum Gasteiger partial charge on any atom is 0.0837 e. The summed E-state index contributed by atoms with van der Waals surface area (Å²) in [6.45, 7) is 4.99. The predicted molar refractivity (Wildman–Crippen MR) is 77.4 cm³/mol. The first kappa shape index (κ1) is 14.0. The van der Waals surface area contributed by atoms with E-state index in [0.717, 1.165) is 18.7 Å². The highest BCUT2D eigenvalue weighted by Crippen LogP contribution is 2.29. The zero-order valence-electron chi connectivity index (χ0n) is 11.5. The average molecular weight is 279 g/mol. The van der Waals surface area contributed by atoms with Crippen LogP contribution in [0, 0.1) is 0 Å². The molecule has 0 aromatic carbocycles.